The van der Waals surface area contributed by atoms with Crippen molar-refractivity contribution in [3.63, 3.8) is 0 Å². The Bertz CT molecular complexity index is 453. The zero-order valence-corrected chi connectivity index (χ0v) is 14.9. The predicted octanol–water partition coefficient (Wildman–Crippen LogP) is 4.85. The summed E-state index contributed by atoms with van der Waals surface area (Å²) in [4.78, 5) is 12.0. The van der Waals surface area contributed by atoms with Gasteiger partial charge >= 0.3 is 0 Å². The van der Waals surface area contributed by atoms with E-state index in [1.807, 2.05) is 6.07 Å². The number of benzene rings is 1. The average molecular weight is 381 g/mol. The van der Waals surface area contributed by atoms with Gasteiger partial charge in [0.1, 0.15) is 0 Å². The van der Waals surface area contributed by atoms with Crippen LogP contribution in [0.4, 0.5) is 0 Å². The van der Waals surface area contributed by atoms with Crippen molar-refractivity contribution in [2.24, 2.45) is 5.41 Å². The van der Waals surface area contributed by atoms with Crippen molar-refractivity contribution in [2.75, 3.05) is 11.9 Å². The maximum Gasteiger partial charge on any atom is 0.224 e. The summed E-state index contributed by atoms with van der Waals surface area (Å²) in [6.45, 7) is 4.98. The molecule has 0 unspecified atom stereocenters. The van der Waals surface area contributed by atoms with Gasteiger partial charge in [-0.2, -0.15) is 0 Å². The molecule has 5 heteroatoms. The highest BCUT2D eigenvalue weighted by Gasteiger charge is 2.25. The van der Waals surface area contributed by atoms with Gasteiger partial charge in [-0.15, -0.1) is 0 Å². The Morgan fingerprint density at radius 2 is 1.90 bits per heavy atom. The number of amides is 1. The van der Waals surface area contributed by atoms with E-state index in [9.17, 15) is 4.79 Å². The average Bonchev–Trinajstić information content (AvgIpc) is 2.45. The van der Waals surface area contributed by atoms with E-state index >= 15 is 0 Å². The summed E-state index contributed by atoms with van der Waals surface area (Å²) >= 11 is 15.3. The standard InChI is InChI=1S/C15H20BrCl2NO/c1-3-15(4-2,9-16)10-19-14(20)8-11-5-6-12(17)13(18)7-11/h5-7H,3-4,8-10H2,1-2H3,(H,19,20). The van der Waals surface area contributed by atoms with Crippen LogP contribution in [0.3, 0.4) is 0 Å². The first kappa shape index (κ1) is 17.8. The Morgan fingerprint density at radius 3 is 2.40 bits per heavy atom. The lowest BCUT2D eigenvalue weighted by Gasteiger charge is -2.29. The van der Waals surface area contributed by atoms with Gasteiger partial charge in [0.25, 0.3) is 0 Å². The van der Waals surface area contributed by atoms with Crippen LogP contribution < -0.4 is 5.32 Å². The van der Waals surface area contributed by atoms with E-state index in [4.69, 9.17) is 23.2 Å². The molecule has 0 aliphatic carbocycles. The molecule has 0 aliphatic rings. The number of carbonyl (C=O) groups is 1. The fraction of sp³-hybridized carbons (Fsp3) is 0.533. The summed E-state index contributed by atoms with van der Waals surface area (Å²) in [7, 11) is 0. The Kier molecular flexibility index (Phi) is 7.35. The molecule has 0 radical (unpaired) electrons. The second kappa shape index (κ2) is 8.26. The third kappa shape index (κ3) is 4.94. The molecule has 1 N–H and O–H groups in total. The van der Waals surface area contributed by atoms with Gasteiger partial charge in [0, 0.05) is 11.9 Å². The SMILES string of the molecule is CCC(CC)(CBr)CNC(=O)Cc1ccc(Cl)c(Cl)c1. The van der Waals surface area contributed by atoms with E-state index in [1.165, 1.54) is 0 Å². The van der Waals surface area contributed by atoms with Crippen molar-refractivity contribution in [1.82, 2.24) is 5.32 Å². The number of nitrogens with one attached hydrogen (secondary N) is 1. The maximum atomic E-state index is 12.0. The quantitative estimate of drug-likeness (QED) is 0.672. The van der Waals surface area contributed by atoms with Gasteiger partial charge in [0.2, 0.25) is 5.91 Å². The molecule has 0 spiro atoms. The molecule has 0 aliphatic heterocycles. The first-order valence-electron chi connectivity index (χ1n) is 6.73. The monoisotopic (exact) mass is 379 g/mol. The third-order valence-corrected chi connectivity index (χ3v) is 5.72. The van der Waals surface area contributed by atoms with Crippen LogP contribution >= 0.6 is 39.1 Å². The van der Waals surface area contributed by atoms with Gasteiger partial charge in [0.05, 0.1) is 16.5 Å². The minimum Gasteiger partial charge on any atom is -0.355 e. The van der Waals surface area contributed by atoms with Gasteiger partial charge in [-0.3, -0.25) is 4.79 Å². The fourth-order valence-electron chi connectivity index (χ4n) is 1.92. The number of rotatable bonds is 7. The lowest BCUT2D eigenvalue weighted by Crippen LogP contribution is -2.38. The van der Waals surface area contributed by atoms with Crippen LogP contribution in [0.5, 0.6) is 0 Å². The molecular formula is C15H20BrCl2NO. The fourth-order valence-corrected chi connectivity index (χ4v) is 3.23. The summed E-state index contributed by atoms with van der Waals surface area (Å²) in [6.07, 6.45) is 2.38. The number of carbonyl (C=O) groups excluding carboxylic acids is 1. The molecule has 0 atom stereocenters. The highest BCUT2D eigenvalue weighted by atomic mass is 79.9. The number of hydrogen-bond acceptors (Lipinski definition) is 1. The highest BCUT2D eigenvalue weighted by molar-refractivity contribution is 9.09. The van der Waals surface area contributed by atoms with E-state index in [0.29, 0.717) is 23.0 Å². The number of halogens is 3. The van der Waals surface area contributed by atoms with Crippen molar-refractivity contribution in [3.05, 3.63) is 33.8 Å². The van der Waals surface area contributed by atoms with Crippen LogP contribution in [0, 0.1) is 5.41 Å². The molecule has 0 saturated heterocycles. The minimum atomic E-state index is 0.00983. The second-order valence-electron chi connectivity index (χ2n) is 5.04. The molecule has 0 heterocycles. The lowest BCUT2D eigenvalue weighted by molar-refractivity contribution is -0.120. The van der Waals surface area contributed by atoms with E-state index < -0.39 is 0 Å². The van der Waals surface area contributed by atoms with Crippen LogP contribution in [-0.4, -0.2) is 17.8 Å². The molecule has 0 fully saturated rings. The Labute approximate surface area is 139 Å². The lowest BCUT2D eigenvalue weighted by atomic mass is 9.84. The molecule has 1 aromatic rings. The molecule has 112 valence electrons. The molecular weight excluding hydrogens is 361 g/mol. The van der Waals surface area contributed by atoms with Gasteiger partial charge < -0.3 is 5.32 Å². The maximum absolute atomic E-state index is 12.0. The van der Waals surface area contributed by atoms with Crippen molar-refractivity contribution < 1.29 is 4.79 Å². The third-order valence-electron chi connectivity index (χ3n) is 3.79. The largest absolute Gasteiger partial charge is 0.355 e. The molecule has 1 rings (SSSR count). The predicted molar refractivity (Wildman–Crippen MR) is 90.0 cm³/mol. The topological polar surface area (TPSA) is 29.1 Å². The van der Waals surface area contributed by atoms with Gasteiger partial charge in [-0.05, 0) is 36.0 Å². The van der Waals surface area contributed by atoms with Crippen LogP contribution in [0.2, 0.25) is 10.0 Å². The van der Waals surface area contributed by atoms with Crippen molar-refractivity contribution in [2.45, 2.75) is 33.1 Å². The van der Waals surface area contributed by atoms with E-state index in [2.05, 4.69) is 35.1 Å². The number of hydrogen-bond donors (Lipinski definition) is 1. The van der Waals surface area contributed by atoms with Crippen molar-refractivity contribution in [3.8, 4) is 0 Å². The second-order valence-corrected chi connectivity index (χ2v) is 6.42. The zero-order valence-electron chi connectivity index (χ0n) is 11.8. The molecule has 2 nitrogen and oxygen atoms in total. The first-order chi connectivity index (χ1) is 9.46. The van der Waals surface area contributed by atoms with Crippen LogP contribution in [-0.2, 0) is 11.2 Å². The van der Waals surface area contributed by atoms with Crippen LogP contribution in [0.1, 0.15) is 32.3 Å². The van der Waals surface area contributed by atoms with Gasteiger partial charge in [-0.1, -0.05) is 59.0 Å². The first-order valence-corrected chi connectivity index (χ1v) is 8.60. The minimum absolute atomic E-state index is 0.00983. The highest BCUT2D eigenvalue weighted by Crippen LogP contribution is 2.28. The van der Waals surface area contributed by atoms with Gasteiger partial charge in [-0.25, -0.2) is 0 Å². The molecule has 0 aromatic heterocycles. The molecule has 1 aromatic carbocycles. The zero-order chi connectivity index (χ0) is 15.2. The normalized spacial score (nSPS) is 11.4. The van der Waals surface area contributed by atoms with Gasteiger partial charge in [0.15, 0.2) is 0 Å². The summed E-state index contributed by atoms with van der Waals surface area (Å²) in [5, 5.41) is 4.89. The molecule has 0 saturated carbocycles. The van der Waals surface area contributed by atoms with Crippen molar-refractivity contribution >= 4 is 45.0 Å². The Hall–Kier alpha value is -0.250. The van der Waals surface area contributed by atoms with E-state index in [-0.39, 0.29) is 11.3 Å². The summed E-state index contributed by atoms with van der Waals surface area (Å²) in [6, 6.07) is 5.28. The summed E-state index contributed by atoms with van der Waals surface area (Å²) in [5.74, 6) is 0.00983. The van der Waals surface area contributed by atoms with Crippen LogP contribution in [0.25, 0.3) is 0 Å². The van der Waals surface area contributed by atoms with E-state index in [0.717, 1.165) is 23.7 Å². The Morgan fingerprint density at radius 1 is 1.25 bits per heavy atom. The number of alkyl halides is 1. The molecule has 20 heavy (non-hydrogen) atoms. The molecule has 0 bridgehead atoms. The molecule has 1 amide bonds. The summed E-state index contributed by atoms with van der Waals surface area (Å²) in [5.41, 5.74) is 1.00. The van der Waals surface area contributed by atoms with Crippen LogP contribution in [0.15, 0.2) is 18.2 Å². The van der Waals surface area contributed by atoms with E-state index in [1.54, 1.807) is 12.1 Å². The smallest absolute Gasteiger partial charge is 0.224 e. The summed E-state index contributed by atoms with van der Waals surface area (Å²) < 4.78 is 0. The van der Waals surface area contributed by atoms with Crippen molar-refractivity contribution in [1.29, 1.82) is 0 Å². The Balaban J connectivity index is 2.57.